The van der Waals surface area contributed by atoms with Crippen molar-refractivity contribution in [1.82, 2.24) is 9.97 Å². The molecule has 0 radical (unpaired) electrons. The van der Waals surface area contributed by atoms with Gasteiger partial charge in [-0.25, -0.2) is 14.4 Å². The maximum absolute atomic E-state index is 13.2. The molecule has 1 aromatic heterocycles. The van der Waals surface area contributed by atoms with Gasteiger partial charge in [-0.3, -0.25) is 0 Å². The number of nitrogens with zero attached hydrogens (tertiary/aromatic N) is 2. The summed E-state index contributed by atoms with van der Waals surface area (Å²) in [6.07, 6.45) is -3.33. The number of alkyl halides is 3. The van der Waals surface area contributed by atoms with Gasteiger partial charge >= 0.3 is 6.18 Å². The van der Waals surface area contributed by atoms with E-state index in [1.54, 1.807) is 7.05 Å². The fourth-order valence-corrected chi connectivity index (χ4v) is 1.54. The van der Waals surface area contributed by atoms with E-state index in [9.17, 15) is 17.6 Å². The lowest BCUT2D eigenvalue weighted by atomic mass is 10.1. The van der Waals surface area contributed by atoms with Gasteiger partial charge in [-0.05, 0) is 24.3 Å². The lowest BCUT2D eigenvalue weighted by Crippen LogP contribution is -2.08. The van der Waals surface area contributed by atoms with Crippen molar-refractivity contribution in [2.45, 2.75) is 6.18 Å². The van der Waals surface area contributed by atoms with Crippen LogP contribution in [-0.4, -0.2) is 17.0 Å². The van der Waals surface area contributed by atoms with Gasteiger partial charge < -0.3 is 5.32 Å². The summed E-state index contributed by atoms with van der Waals surface area (Å²) in [4.78, 5) is 7.86. The van der Waals surface area contributed by atoms with Crippen LogP contribution in [0.4, 0.5) is 23.5 Å². The zero-order valence-corrected chi connectivity index (χ0v) is 9.79. The molecule has 2 aromatic rings. The van der Waals surface area contributed by atoms with Gasteiger partial charge in [0, 0.05) is 18.8 Å². The highest BCUT2D eigenvalue weighted by atomic mass is 19.4. The van der Waals surface area contributed by atoms with Crippen LogP contribution < -0.4 is 5.32 Å². The SMILES string of the molecule is CNc1nccc(-c2ccc(F)c(C(F)(F)F)c2)n1. The molecule has 1 heterocycles. The Bertz CT molecular complexity index is 596. The normalized spacial score (nSPS) is 11.4. The highest BCUT2D eigenvalue weighted by molar-refractivity contribution is 5.61. The largest absolute Gasteiger partial charge is 0.419 e. The molecule has 0 bridgehead atoms. The van der Waals surface area contributed by atoms with Gasteiger partial charge in [0.1, 0.15) is 5.82 Å². The molecular weight excluding hydrogens is 262 g/mol. The van der Waals surface area contributed by atoms with E-state index in [0.29, 0.717) is 0 Å². The van der Waals surface area contributed by atoms with E-state index in [0.717, 1.165) is 12.1 Å². The Balaban J connectivity index is 2.51. The molecule has 19 heavy (non-hydrogen) atoms. The third kappa shape index (κ3) is 2.81. The van der Waals surface area contributed by atoms with Crippen molar-refractivity contribution in [1.29, 1.82) is 0 Å². The smallest absolute Gasteiger partial charge is 0.357 e. The second kappa shape index (κ2) is 4.83. The average Bonchev–Trinajstić information content (AvgIpc) is 2.38. The maximum Gasteiger partial charge on any atom is 0.419 e. The minimum absolute atomic E-state index is 0.174. The standard InChI is InChI=1S/C12H9F4N3/c1-17-11-18-5-4-10(19-11)7-2-3-9(13)8(6-7)12(14,15)16/h2-6H,1H3,(H,17,18,19). The van der Waals surface area contributed by atoms with Crippen LogP contribution in [0.1, 0.15) is 5.56 Å². The van der Waals surface area contributed by atoms with E-state index in [2.05, 4.69) is 15.3 Å². The Kier molecular flexibility index (Phi) is 3.37. The molecule has 0 saturated carbocycles. The first-order chi connectivity index (χ1) is 8.91. The van der Waals surface area contributed by atoms with Gasteiger partial charge in [-0.1, -0.05) is 0 Å². The Hall–Kier alpha value is -2.18. The van der Waals surface area contributed by atoms with E-state index in [1.807, 2.05) is 0 Å². The van der Waals surface area contributed by atoms with Gasteiger partial charge in [0.05, 0.1) is 11.3 Å². The molecule has 7 heteroatoms. The van der Waals surface area contributed by atoms with E-state index >= 15 is 0 Å². The summed E-state index contributed by atoms with van der Waals surface area (Å²) in [7, 11) is 1.59. The number of aromatic nitrogens is 2. The Morgan fingerprint density at radius 3 is 2.53 bits per heavy atom. The van der Waals surface area contributed by atoms with E-state index < -0.39 is 17.6 Å². The molecule has 0 aliphatic heterocycles. The first-order valence-electron chi connectivity index (χ1n) is 5.29. The predicted octanol–water partition coefficient (Wildman–Crippen LogP) is 3.34. The second-order valence-corrected chi connectivity index (χ2v) is 3.71. The van der Waals surface area contributed by atoms with Crippen LogP contribution in [0.15, 0.2) is 30.5 Å². The van der Waals surface area contributed by atoms with Crippen molar-refractivity contribution in [2.24, 2.45) is 0 Å². The molecular formula is C12H9F4N3. The number of benzene rings is 1. The van der Waals surface area contributed by atoms with Crippen molar-refractivity contribution >= 4 is 5.95 Å². The third-order valence-corrected chi connectivity index (χ3v) is 2.45. The van der Waals surface area contributed by atoms with Crippen LogP contribution in [0, 0.1) is 5.82 Å². The lowest BCUT2D eigenvalue weighted by Gasteiger charge is -2.10. The van der Waals surface area contributed by atoms with Gasteiger partial charge in [0.15, 0.2) is 0 Å². The van der Waals surface area contributed by atoms with Crippen molar-refractivity contribution in [3.05, 3.63) is 41.8 Å². The molecule has 1 aromatic carbocycles. The van der Waals surface area contributed by atoms with Crippen molar-refractivity contribution in [3.63, 3.8) is 0 Å². The number of nitrogens with one attached hydrogen (secondary N) is 1. The quantitative estimate of drug-likeness (QED) is 0.851. The van der Waals surface area contributed by atoms with Crippen LogP contribution >= 0.6 is 0 Å². The Morgan fingerprint density at radius 1 is 1.16 bits per heavy atom. The van der Waals surface area contributed by atoms with Crippen LogP contribution in [0.5, 0.6) is 0 Å². The second-order valence-electron chi connectivity index (χ2n) is 3.71. The Morgan fingerprint density at radius 2 is 1.89 bits per heavy atom. The fourth-order valence-electron chi connectivity index (χ4n) is 1.54. The zero-order valence-electron chi connectivity index (χ0n) is 9.79. The topological polar surface area (TPSA) is 37.8 Å². The number of hydrogen-bond donors (Lipinski definition) is 1. The molecule has 1 N–H and O–H groups in total. The van der Waals surface area contributed by atoms with Crippen LogP contribution in [-0.2, 0) is 6.18 Å². The summed E-state index contributed by atoms with van der Waals surface area (Å²) in [5.74, 6) is -1.03. The molecule has 3 nitrogen and oxygen atoms in total. The van der Waals surface area contributed by atoms with Crippen LogP contribution in [0.25, 0.3) is 11.3 Å². The third-order valence-electron chi connectivity index (χ3n) is 2.45. The first kappa shape index (κ1) is 13.3. The van der Waals surface area contributed by atoms with Crippen molar-refractivity contribution < 1.29 is 17.6 Å². The monoisotopic (exact) mass is 271 g/mol. The van der Waals surface area contributed by atoms with E-state index in [4.69, 9.17) is 0 Å². The summed E-state index contributed by atoms with van der Waals surface area (Å²) < 4.78 is 51.0. The molecule has 100 valence electrons. The van der Waals surface area contributed by atoms with Crippen molar-refractivity contribution in [2.75, 3.05) is 12.4 Å². The van der Waals surface area contributed by atoms with Gasteiger partial charge in [-0.2, -0.15) is 13.2 Å². The summed E-state index contributed by atoms with van der Waals surface area (Å²) >= 11 is 0. The minimum atomic E-state index is -4.74. The van der Waals surface area contributed by atoms with Crippen LogP contribution in [0.2, 0.25) is 0 Å². The number of halogens is 4. The molecule has 0 unspecified atom stereocenters. The average molecular weight is 271 g/mol. The predicted molar refractivity (Wildman–Crippen MR) is 62.0 cm³/mol. The highest BCUT2D eigenvalue weighted by Gasteiger charge is 2.34. The van der Waals surface area contributed by atoms with Gasteiger partial charge in [0.2, 0.25) is 5.95 Å². The zero-order chi connectivity index (χ0) is 14.0. The molecule has 0 aliphatic carbocycles. The summed E-state index contributed by atoms with van der Waals surface area (Å²) in [6, 6.07) is 4.21. The van der Waals surface area contributed by atoms with Gasteiger partial charge in [0.25, 0.3) is 0 Å². The molecule has 0 amide bonds. The number of rotatable bonds is 2. The van der Waals surface area contributed by atoms with Crippen molar-refractivity contribution in [3.8, 4) is 11.3 Å². The molecule has 0 atom stereocenters. The number of hydrogen-bond acceptors (Lipinski definition) is 3. The molecule has 0 aliphatic rings. The maximum atomic E-state index is 13.2. The molecule has 0 fully saturated rings. The molecule has 2 rings (SSSR count). The Labute approximate surface area is 106 Å². The summed E-state index contributed by atoms with van der Waals surface area (Å²) in [6.45, 7) is 0. The van der Waals surface area contributed by atoms with E-state index in [-0.39, 0.29) is 17.2 Å². The van der Waals surface area contributed by atoms with E-state index in [1.165, 1.54) is 18.3 Å². The lowest BCUT2D eigenvalue weighted by molar-refractivity contribution is -0.139. The van der Waals surface area contributed by atoms with Crippen LogP contribution in [0.3, 0.4) is 0 Å². The molecule has 0 spiro atoms. The fraction of sp³-hybridized carbons (Fsp3) is 0.167. The van der Waals surface area contributed by atoms with Gasteiger partial charge in [-0.15, -0.1) is 0 Å². The minimum Gasteiger partial charge on any atom is -0.357 e. The molecule has 0 saturated heterocycles. The number of anilines is 1. The highest BCUT2D eigenvalue weighted by Crippen LogP contribution is 2.33. The summed E-state index contributed by atoms with van der Waals surface area (Å²) in [5.41, 5.74) is -0.855. The first-order valence-corrected chi connectivity index (χ1v) is 5.29. The summed E-state index contributed by atoms with van der Waals surface area (Å²) in [5, 5.41) is 2.67.